The van der Waals surface area contributed by atoms with Crippen molar-refractivity contribution in [2.24, 2.45) is 5.92 Å². The lowest BCUT2D eigenvalue weighted by molar-refractivity contribution is -0.162. The van der Waals surface area contributed by atoms with Crippen LogP contribution in [0.5, 0.6) is 0 Å². The van der Waals surface area contributed by atoms with Crippen molar-refractivity contribution < 1.29 is 19.1 Å². The van der Waals surface area contributed by atoms with Crippen LogP contribution in [0.1, 0.15) is 42.9 Å². The van der Waals surface area contributed by atoms with Gasteiger partial charge in [0, 0.05) is 5.92 Å². The summed E-state index contributed by atoms with van der Waals surface area (Å²) in [5.41, 5.74) is 3.37. The quantitative estimate of drug-likeness (QED) is 0.172. The molecule has 1 unspecified atom stereocenters. The molecule has 34 heavy (non-hydrogen) atoms. The second-order valence-corrected chi connectivity index (χ2v) is 8.39. The largest absolute Gasteiger partial charge is 0.465 e. The molecule has 0 N–H and O–H groups in total. The first-order valence-electron chi connectivity index (χ1n) is 11.8. The Morgan fingerprint density at radius 2 is 1.12 bits per heavy atom. The standard InChI is InChI=1S/C30H30O4/c1-4-33-29(31)27(30(32)34-5-2)19-26(21-13-7-6-8-14-21)28-24-17-11-9-15-22(24)20(3)23-16-10-12-18-25(23)28/h6-18,26-27H,4-5,19H2,1-3H3. The molecule has 174 valence electrons. The molecule has 0 spiro atoms. The van der Waals surface area contributed by atoms with E-state index in [0.29, 0.717) is 0 Å². The zero-order valence-electron chi connectivity index (χ0n) is 19.9. The lowest BCUT2D eigenvalue weighted by atomic mass is 9.78. The van der Waals surface area contributed by atoms with E-state index in [9.17, 15) is 9.59 Å². The van der Waals surface area contributed by atoms with Gasteiger partial charge in [0.1, 0.15) is 0 Å². The van der Waals surface area contributed by atoms with E-state index < -0.39 is 17.9 Å². The smallest absolute Gasteiger partial charge is 0.320 e. The first-order valence-corrected chi connectivity index (χ1v) is 11.8. The summed E-state index contributed by atoms with van der Waals surface area (Å²) >= 11 is 0. The second-order valence-electron chi connectivity index (χ2n) is 8.39. The normalized spacial score (nSPS) is 12.1. The van der Waals surface area contributed by atoms with Crippen molar-refractivity contribution in [2.45, 2.75) is 33.1 Å². The van der Waals surface area contributed by atoms with Crippen molar-refractivity contribution >= 4 is 33.5 Å². The van der Waals surface area contributed by atoms with E-state index in [2.05, 4.69) is 43.3 Å². The summed E-state index contributed by atoms with van der Waals surface area (Å²) in [5, 5.41) is 4.58. The maximum Gasteiger partial charge on any atom is 0.320 e. The number of hydrogen-bond acceptors (Lipinski definition) is 4. The van der Waals surface area contributed by atoms with Gasteiger partial charge in [0.25, 0.3) is 0 Å². The Bertz CT molecular complexity index is 1230. The van der Waals surface area contributed by atoms with Crippen molar-refractivity contribution in [3.05, 3.63) is 95.6 Å². The van der Waals surface area contributed by atoms with E-state index >= 15 is 0 Å². The predicted octanol–water partition coefficient (Wildman–Crippen LogP) is 6.57. The summed E-state index contributed by atoms with van der Waals surface area (Å²) in [6.45, 7) is 6.06. The third kappa shape index (κ3) is 4.54. The molecular formula is C30H30O4. The lowest BCUT2D eigenvalue weighted by Gasteiger charge is -2.26. The maximum absolute atomic E-state index is 12.9. The van der Waals surface area contributed by atoms with E-state index in [1.807, 2.05) is 42.5 Å². The van der Waals surface area contributed by atoms with Crippen LogP contribution in [0.15, 0.2) is 78.9 Å². The number of ether oxygens (including phenoxy) is 2. The molecule has 0 aliphatic carbocycles. The fourth-order valence-electron chi connectivity index (χ4n) is 4.87. The van der Waals surface area contributed by atoms with Gasteiger partial charge < -0.3 is 9.47 Å². The highest BCUT2D eigenvalue weighted by Crippen LogP contribution is 2.42. The number of aryl methyl sites for hydroxylation is 1. The van der Waals surface area contributed by atoms with Crippen LogP contribution in [0.4, 0.5) is 0 Å². The Balaban J connectivity index is 1.98. The van der Waals surface area contributed by atoms with Crippen LogP contribution in [-0.4, -0.2) is 25.2 Å². The summed E-state index contributed by atoms with van der Waals surface area (Å²) < 4.78 is 10.6. The number of fused-ring (bicyclic) bond motifs is 2. The molecule has 0 fully saturated rings. The van der Waals surface area contributed by atoms with Crippen molar-refractivity contribution in [1.29, 1.82) is 0 Å². The van der Waals surface area contributed by atoms with E-state index in [4.69, 9.17) is 9.47 Å². The molecule has 0 aromatic heterocycles. The van der Waals surface area contributed by atoms with Gasteiger partial charge >= 0.3 is 11.9 Å². The molecule has 1 atom stereocenters. The van der Waals surface area contributed by atoms with Crippen LogP contribution in [0.2, 0.25) is 0 Å². The first kappa shape index (κ1) is 23.5. The zero-order chi connectivity index (χ0) is 24.1. The molecule has 4 rings (SSSR count). The Morgan fingerprint density at radius 3 is 1.59 bits per heavy atom. The molecule has 0 saturated heterocycles. The Morgan fingerprint density at radius 1 is 0.676 bits per heavy atom. The minimum Gasteiger partial charge on any atom is -0.465 e. The third-order valence-corrected chi connectivity index (χ3v) is 6.41. The highest BCUT2D eigenvalue weighted by atomic mass is 16.6. The number of carbonyl (C=O) groups is 2. The summed E-state index contributed by atoms with van der Waals surface area (Å²) in [4.78, 5) is 25.8. The minimum absolute atomic E-state index is 0.209. The van der Waals surface area contributed by atoms with E-state index in [0.717, 1.165) is 21.9 Å². The van der Waals surface area contributed by atoms with Crippen molar-refractivity contribution in [2.75, 3.05) is 13.2 Å². The number of rotatable bonds is 8. The van der Waals surface area contributed by atoms with E-state index in [1.165, 1.54) is 16.3 Å². The number of benzene rings is 4. The highest BCUT2D eigenvalue weighted by molar-refractivity contribution is 6.06. The van der Waals surface area contributed by atoms with Gasteiger partial charge in [0.05, 0.1) is 13.2 Å². The van der Waals surface area contributed by atoms with Gasteiger partial charge in [-0.15, -0.1) is 0 Å². The molecule has 4 nitrogen and oxygen atoms in total. The van der Waals surface area contributed by atoms with Gasteiger partial charge in [-0.05, 0) is 65.4 Å². The predicted molar refractivity (Wildman–Crippen MR) is 136 cm³/mol. The van der Waals surface area contributed by atoms with Crippen LogP contribution < -0.4 is 0 Å². The Labute approximate surface area is 200 Å². The van der Waals surface area contributed by atoms with Crippen molar-refractivity contribution in [1.82, 2.24) is 0 Å². The number of hydrogen-bond donors (Lipinski definition) is 0. The average Bonchev–Trinajstić information content (AvgIpc) is 2.87. The Kier molecular flexibility index (Phi) is 7.27. The maximum atomic E-state index is 12.9. The summed E-state index contributed by atoms with van der Waals surface area (Å²) in [6, 6.07) is 26.8. The molecule has 0 aliphatic heterocycles. The van der Waals surface area contributed by atoms with Crippen LogP contribution in [0, 0.1) is 12.8 Å². The third-order valence-electron chi connectivity index (χ3n) is 6.41. The van der Waals surface area contributed by atoms with Crippen LogP contribution in [0.25, 0.3) is 21.5 Å². The highest BCUT2D eigenvalue weighted by Gasteiger charge is 2.34. The van der Waals surface area contributed by atoms with Gasteiger partial charge in [0.2, 0.25) is 0 Å². The van der Waals surface area contributed by atoms with E-state index in [1.54, 1.807) is 13.8 Å². The Hall–Kier alpha value is -3.66. The summed E-state index contributed by atoms with van der Waals surface area (Å²) in [7, 11) is 0. The van der Waals surface area contributed by atoms with Crippen LogP contribution >= 0.6 is 0 Å². The summed E-state index contributed by atoms with van der Waals surface area (Å²) in [6.07, 6.45) is 0.263. The zero-order valence-corrected chi connectivity index (χ0v) is 19.9. The molecule has 0 bridgehead atoms. The number of esters is 2. The molecule has 0 aliphatic rings. The van der Waals surface area contributed by atoms with Crippen molar-refractivity contribution in [3.8, 4) is 0 Å². The molecule has 0 heterocycles. The fraction of sp³-hybridized carbons (Fsp3) is 0.267. The van der Waals surface area contributed by atoms with Gasteiger partial charge in [-0.2, -0.15) is 0 Å². The minimum atomic E-state index is -1.01. The molecule has 4 aromatic rings. The summed E-state index contributed by atoms with van der Waals surface area (Å²) in [5.74, 6) is -2.30. The van der Waals surface area contributed by atoms with Crippen molar-refractivity contribution in [3.63, 3.8) is 0 Å². The molecule has 0 amide bonds. The monoisotopic (exact) mass is 454 g/mol. The number of carbonyl (C=O) groups excluding carboxylic acids is 2. The molecule has 4 aromatic carbocycles. The van der Waals surface area contributed by atoms with Gasteiger partial charge in [-0.1, -0.05) is 78.9 Å². The topological polar surface area (TPSA) is 52.6 Å². The van der Waals surface area contributed by atoms with Crippen LogP contribution in [0.3, 0.4) is 0 Å². The first-order chi connectivity index (χ1) is 16.6. The average molecular weight is 455 g/mol. The fourth-order valence-corrected chi connectivity index (χ4v) is 4.87. The lowest BCUT2D eigenvalue weighted by Crippen LogP contribution is -2.30. The van der Waals surface area contributed by atoms with Crippen LogP contribution in [-0.2, 0) is 19.1 Å². The second kappa shape index (κ2) is 10.5. The molecular weight excluding hydrogens is 424 g/mol. The molecule has 0 radical (unpaired) electrons. The molecule has 0 saturated carbocycles. The van der Waals surface area contributed by atoms with E-state index in [-0.39, 0.29) is 25.6 Å². The SMILES string of the molecule is CCOC(=O)C(CC(c1ccccc1)c1c2ccccc2c(C)c2ccccc12)C(=O)OCC. The van der Waals surface area contributed by atoms with Gasteiger partial charge in [0.15, 0.2) is 5.92 Å². The molecule has 4 heteroatoms. The van der Waals surface area contributed by atoms with Gasteiger partial charge in [-0.3, -0.25) is 9.59 Å². The van der Waals surface area contributed by atoms with Gasteiger partial charge in [-0.25, -0.2) is 0 Å².